The van der Waals surface area contributed by atoms with Crippen LogP contribution in [0.2, 0.25) is 10.0 Å². The number of benzene rings is 2. The monoisotopic (exact) mass is 339 g/mol. The number of carboxylic acids is 1. The summed E-state index contributed by atoms with van der Waals surface area (Å²) < 4.78 is 0. The molecule has 114 valence electrons. The molecule has 3 N–H and O–H groups in total. The number of carboxylic acid groups (broad SMARTS) is 1. The van der Waals surface area contributed by atoms with Gasteiger partial charge < -0.3 is 15.5 Å². The molecule has 0 spiro atoms. The number of aromatic carboxylic acids is 1. The number of amides is 1. The van der Waals surface area contributed by atoms with Gasteiger partial charge in [-0.2, -0.15) is 0 Å². The van der Waals surface area contributed by atoms with E-state index >= 15 is 0 Å². The molecule has 7 heteroatoms. The summed E-state index contributed by atoms with van der Waals surface area (Å²) in [5.41, 5.74) is 0.626. The van der Waals surface area contributed by atoms with Crippen LogP contribution in [0.3, 0.4) is 0 Å². The van der Waals surface area contributed by atoms with Crippen molar-refractivity contribution in [3.05, 3.63) is 63.1 Å². The van der Waals surface area contributed by atoms with Crippen molar-refractivity contribution in [2.45, 2.75) is 6.54 Å². The lowest BCUT2D eigenvalue weighted by atomic mass is 10.1. The van der Waals surface area contributed by atoms with E-state index in [0.29, 0.717) is 5.56 Å². The van der Waals surface area contributed by atoms with Gasteiger partial charge in [-0.25, -0.2) is 4.79 Å². The Kier molecular flexibility index (Phi) is 4.90. The van der Waals surface area contributed by atoms with E-state index in [1.54, 1.807) is 12.1 Å². The van der Waals surface area contributed by atoms with Gasteiger partial charge in [-0.15, -0.1) is 0 Å². The average Bonchev–Trinajstić information content (AvgIpc) is 2.43. The first-order valence-electron chi connectivity index (χ1n) is 6.17. The van der Waals surface area contributed by atoms with Gasteiger partial charge in [0.05, 0.1) is 15.6 Å². The SMILES string of the molecule is O=C(NCc1cccc(O)c1)c1cc(Cl)c(C(=O)O)c(Cl)c1. The van der Waals surface area contributed by atoms with E-state index < -0.39 is 11.9 Å². The molecule has 22 heavy (non-hydrogen) atoms. The normalized spacial score (nSPS) is 10.3. The Balaban J connectivity index is 2.15. The van der Waals surface area contributed by atoms with Gasteiger partial charge in [0.15, 0.2) is 0 Å². The number of halogens is 2. The molecule has 0 fully saturated rings. The summed E-state index contributed by atoms with van der Waals surface area (Å²) in [6.07, 6.45) is 0. The summed E-state index contributed by atoms with van der Waals surface area (Å²) in [5.74, 6) is -1.62. The average molecular weight is 340 g/mol. The summed E-state index contributed by atoms with van der Waals surface area (Å²) in [6, 6.07) is 8.94. The van der Waals surface area contributed by atoms with Crippen LogP contribution in [0.4, 0.5) is 0 Å². The maximum Gasteiger partial charge on any atom is 0.338 e. The third-order valence-corrected chi connectivity index (χ3v) is 3.48. The van der Waals surface area contributed by atoms with Gasteiger partial charge in [0.2, 0.25) is 0 Å². The Morgan fingerprint density at radius 1 is 1.09 bits per heavy atom. The van der Waals surface area contributed by atoms with E-state index in [9.17, 15) is 14.7 Å². The zero-order valence-electron chi connectivity index (χ0n) is 11.1. The molecule has 5 nitrogen and oxygen atoms in total. The Bertz CT molecular complexity index is 723. The molecular formula is C15H11Cl2NO4. The van der Waals surface area contributed by atoms with Crippen LogP contribution in [-0.2, 0) is 6.54 Å². The molecule has 0 saturated carbocycles. The highest BCUT2D eigenvalue weighted by molar-refractivity contribution is 6.39. The van der Waals surface area contributed by atoms with Gasteiger partial charge in [0.25, 0.3) is 5.91 Å². The molecule has 2 aromatic rings. The highest BCUT2D eigenvalue weighted by Crippen LogP contribution is 2.26. The minimum atomic E-state index is -1.26. The molecule has 2 rings (SSSR count). The van der Waals surface area contributed by atoms with Crippen LogP contribution in [0, 0.1) is 0 Å². The van der Waals surface area contributed by atoms with Crippen molar-refractivity contribution in [2.24, 2.45) is 0 Å². The Morgan fingerprint density at radius 2 is 1.73 bits per heavy atom. The van der Waals surface area contributed by atoms with Crippen LogP contribution in [0.5, 0.6) is 5.75 Å². The van der Waals surface area contributed by atoms with Crippen molar-refractivity contribution >= 4 is 35.1 Å². The van der Waals surface area contributed by atoms with Crippen LogP contribution in [0.1, 0.15) is 26.3 Å². The molecule has 1 amide bonds. The van der Waals surface area contributed by atoms with Crippen molar-refractivity contribution in [3.63, 3.8) is 0 Å². The van der Waals surface area contributed by atoms with Crippen LogP contribution in [-0.4, -0.2) is 22.1 Å². The number of aromatic hydroxyl groups is 1. The second-order valence-electron chi connectivity index (χ2n) is 4.47. The van der Waals surface area contributed by atoms with Crippen LogP contribution in [0.15, 0.2) is 36.4 Å². The lowest BCUT2D eigenvalue weighted by Gasteiger charge is -2.08. The maximum atomic E-state index is 12.1. The number of rotatable bonds is 4. The van der Waals surface area contributed by atoms with Crippen LogP contribution >= 0.6 is 23.2 Å². The van der Waals surface area contributed by atoms with Gasteiger partial charge >= 0.3 is 5.97 Å². The fraction of sp³-hybridized carbons (Fsp3) is 0.0667. The quantitative estimate of drug-likeness (QED) is 0.797. The molecule has 0 aliphatic rings. The van der Waals surface area contributed by atoms with E-state index in [0.717, 1.165) is 0 Å². The number of carbonyl (C=O) groups excluding carboxylic acids is 1. The predicted molar refractivity (Wildman–Crippen MR) is 82.7 cm³/mol. The number of hydrogen-bond acceptors (Lipinski definition) is 3. The molecule has 0 bridgehead atoms. The van der Waals surface area contributed by atoms with Crippen molar-refractivity contribution in [2.75, 3.05) is 0 Å². The molecule has 2 aromatic carbocycles. The van der Waals surface area contributed by atoms with Crippen LogP contribution in [0.25, 0.3) is 0 Å². The Labute approximate surface area is 136 Å². The van der Waals surface area contributed by atoms with Gasteiger partial charge in [-0.1, -0.05) is 35.3 Å². The topological polar surface area (TPSA) is 86.6 Å². The van der Waals surface area contributed by atoms with Gasteiger partial charge in [-0.05, 0) is 29.8 Å². The van der Waals surface area contributed by atoms with E-state index in [1.165, 1.54) is 24.3 Å². The zero-order chi connectivity index (χ0) is 16.3. The molecular weight excluding hydrogens is 329 g/mol. The second kappa shape index (κ2) is 6.68. The second-order valence-corrected chi connectivity index (χ2v) is 5.29. The minimum absolute atomic E-state index is 0.101. The van der Waals surface area contributed by atoms with Crippen molar-refractivity contribution in [1.29, 1.82) is 0 Å². The lowest BCUT2D eigenvalue weighted by molar-refractivity contribution is 0.0696. The zero-order valence-corrected chi connectivity index (χ0v) is 12.6. The number of carbonyl (C=O) groups is 2. The first-order chi connectivity index (χ1) is 10.4. The smallest absolute Gasteiger partial charge is 0.338 e. The first-order valence-corrected chi connectivity index (χ1v) is 6.92. The van der Waals surface area contributed by atoms with Crippen molar-refractivity contribution in [3.8, 4) is 5.75 Å². The molecule has 0 atom stereocenters. The number of phenols is 1. The molecule has 0 aromatic heterocycles. The van der Waals surface area contributed by atoms with Gasteiger partial charge in [0.1, 0.15) is 5.75 Å². The molecule has 0 aliphatic heterocycles. The fourth-order valence-electron chi connectivity index (χ4n) is 1.86. The minimum Gasteiger partial charge on any atom is -0.508 e. The van der Waals surface area contributed by atoms with Gasteiger partial charge in [0, 0.05) is 12.1 Å². The molecule has 0 aliphatic carbocycles. The van der Waals surface area contributed by atoms with E-state index in [1.807, 2.05) is 0 Å². The molecule has 0 heterocycles. The van der Waals surface area contributed by atoms with E-state index in [-0.39, 0.29) is 33.5 Å². The highest BCUT2D eigenvalue weighted by atomic mass is 35.5. The number of hydrogen-bond donors (Lipinski definition) is 3. The lowest BCUT2D eigenvalue weighted by Crippen LogP contribution is -2.23. The van der Waals surface area contributed by atoms with Crippen molar-refractivity contribution < 1.29 is 19.8 Å². The number of nitrogens with one attached hydrogen (secondary N) is 1. The van der Waals surface area contributed by atoms with Crippen LogP contribution < -0.4 is 5.32 Å². The number of phenolic OH excluding ortho intramolecular Hbond substituents is 1. The summed E-state index contributed by atoms with van der Waals surface area (Å²) in [6.45, 7) is 0.198. The summed E-state index contributed by atoms with van der Waals surface area (Å²) in [4.78, 5) is 23.0. The first kappa shape index (κ1) is 16.1. The standard InChI is InChI=1S/C15H11Cl2NO4/c16-11-5-9(6-12(17)13(11)15(21)22)14(20)18-7-8-2-1-3-10(19)4-8/h1-6,19H,7H2,(H,18,20)(H,21,22). The Morgan fingerprint density at radius 3 is 2.27 bits per heavy atom. The van der Waals surface area contributed by atoms with E-state index in [4.69, 9.17) is 28.3 Å². The predicted octanol–water partition coefficient (Wildman–Crippen LogP) is 3.33. The Hall–Kier alpha value is -2.24. The molecule has 0 saturated heterocycles. The summed E-state index contributed by atoms with van der Waals surface area (Å²) >= 11 is 11.7. The largest absolute Gasteiger partial charge is 0.508 e. The van der Waals surface area contributed by atoms with E-state index in [2.05, 4.69) is 5.32 Å². The van der Waals surface area contributed by atoms with Gasteiger partial charge in [-0.3, -0.25) is 4.79 Å². The fourth-order valence-corrected chi connectivity index (χ4v) is 2.51. The van der Waals surface area contributed by atoms with Crippen molar-refractivity contribution in [1.82, 2.24) is 5.32 Å². The highest BCUT2D eigenvalue weighted by Gasteiger charge is 2.17. The molecule has 0 radical (unpaired) electrons. The molecule has 0 unspecified atom stereocenters. The summed E-state index contributed by atoms with van der Waals surface area (Å²) in [5, 5.41) is 20.7. The third kappa shape index (κ3) is 3.69. The maximum absolute atomic E-state index is 12.1. The third-order valence-electron chi connectivity index (χ3n) is 2.88. The summed E-state index contributed by atoms with van der Waals surface area (Å²) in [7, 11) is 0.